The molecule has 0 amide bonds. The summed E-state index contributed by atoms with van der Waals surface area (Å²) in [6.07, 6.45) is 0. The average Bonchev–Trinajstić information content (AvgIpc) is 1.67. The van der Waals surface area contributed by atoms with Crippen molar-refractivity contribution in [3.63, 3.8) is 0 Å². The SMILES string of the molecule is [B]OS(=O)(=O)C(C)C. The first-order valence-electron chi connectivity index (χ1n) is 2.13. The van der Waals surface area contributed by atoms with Crippen molar-refractivity contribution in [1.29, 1.82) is 0 Å². The van der Waals surface area contributed by atoms with Gasteiger partial charge in [0.2, 0.25) is 0 Å². The van der Waals surface area contributed by atoms with Gasteiger partial charge in [-0.3, -0.25) is 0 Å². The molecule has 2 radical (unpaired) electrons. The van der Waals surface area contributed by atoms with Crippen LogP contribution in [-0.2, 0) is 14.2 Å². The minimum atomic E-state index is -3.46. The maximum absolute atomic E-state index is 10.4. The van der Waals surface area contributed by atoms with Crippen molar-refractivity contribution >= 4 is 18.2 Å². The van der Waals surface area contributed by atoms with Crippen molar-refractivity contribution in [2.75, 3.05) is 0 Å². The first-order valence-corrected chi connectivity index (χ1v) is 3.60. The molecule has 0 aliphatic carbocycles. The lowest BCUT2D eigenvalue weighted by Gasteiger charge is -2.02. The molecule has 0 rings (SSSR count). The molecular weight excluding hydrogens is 127 g/mol. The van der Waals surface area contributed by atoms with Gasteiger partial charge in [-0.15, -0.1) is 0 Å². The normalized spacial score (nSPS) is 12.4. The van der Waals surface area contributed by atoms with E-state index in [9.17, 15) is 8.42 Å². The largest absolute Gasteiger partial charge is 0.347 e. The first kappa shape index (κ1) is 7.97. The topological polar surface area (TPSA) is 43.4 Å². The van der Waals surface area contributed by atoms with E-state index in [-0.39, 0.29) is 0 Å². The Bertz CT molecular complexity index is 148. The van der Waals surface area contributed by atoms with Gasteiger partial charge in [0.25, 0.3) is 10.1 Å². The van der Waals surface area contributed by atoms with Crippen LogP contribution in [0.5, 0.6) is 0 Å². The van der Waals surface area contributed by atoms with Gasteiger partial charge in [0, 0.05) is 0 Å². The molecule has 0 unspecified atom stereocenters. The van der Waals surface area contributed by atoms with Gasteiger partial charge >= 0.3 is 8.05 Å². The van der Waals surface area contributed by atoms with E-state index in [0.29, 0.717) is 0 Å². The average molecular weight is 134 g/mol. The lowest BCUT2D eigenvalue weighted by Crippen LogP contribution is -2.15. The molecule has 8 heavy (non-hydrogen) atoms. The molecule has 0 aromatic rings. The standard InChI is InChI=1S/C3H7BO3S/c1-3(2)8(5,6)7-4/h3H,1-2H3. The van der Waals surface area contributed by atoms with Gasteiger partial charge in [0.15, 0.2) is 0 Å². The molecule has 0 aromatic carbocycles. The Kier molecular flexibility index (Phi) is 2.49. The van der Waals surface area contributed by atoms with Crippen LogP contribution in [0, 0.1) is 0 Å². The highest BCUT2D eigenvalue weighted by atomic mass is 32.2. The van der Waals surface area contributed by atoms with Crippen LogP contribution in [0.3, 0.4) is 0 Å². The van der Waals surface area contributed by atoms with E-state index in [2.05, 4.69) is 12.1 Å². The summed E-state index contributed by atoms with van der Waals surface area (Å²) in [4.78, 5) is 0. The highest BCUT2D eigenvalue weighted by Gasteiger charge is 2.12. The predicted octanol–water partition coefficient (Wildman–Crippen LogP) is -0.175. The molecule has 3 nitrogen and oxygen atoms in total. The third kappa shape index (κ3) is 1.84. The van der Waals surface area contributed by atoms with Crippen molar-refractivity contribution in [3.8, 4) is 0 Å². The first-order chi connectivity index (χ1) is 3.50. The number of hydrogen-bond donors (Lipinski definition) is 0. The van der Waals surface area contributed by atoms with E-state index in [1.165, 1.54) is 13.8 Å². The van der Waals surface area contributed by atoms with Crippen molar-refractivity contribution in [2.45, 2.75) is 19.1 Å². The van der Waals surface area contributed by atoms with Crippen LogP contribution in [0.4, 0.5) is 0 Å². The van der Waals surface area contributed by atoms with Crippen LogP contribution in [0.1, 0.15) is 13.8 Å². The zero-order valence-corrected chi connectivity index (χ0v) is 5.60. The summed E-state index contributed by atoms with van der Waals surface area (Å²) in [6.45, 7) is 2.98. The van der Waals surface area contributed by atoms with E-state index in [1.54, 1.807) is 0 Å². The van der Waals surface area contributed by atoms with Gasteiger partial charge in [-0.25, -0.2) is 8.42 Å². The Hall–Kier alpha value is -0.0251. The van der Waals surface area contributed by atoms with Crippen LogP contribution in [0.2, 0.25) is 0 Å². The molecule has 0 saturated carbocycles. The molecule has 0 aliphatic rings. The summed E-state index contributed by atoms with van der Waals surface area (Å²) in [5.74, 6) is 0. The summed E-state index contributed by atoms with van der Waals surface area (Å²) in [7, 11) is 0.961. The van der Waals surface area contributed by atoms with Crippen LogP contribution >= 0.6 is 0 Å². The van der Waals surface area contributed by atoms with Crippen molar-refractivity contribution in [3.05, 3.63) is 0 Å². The summed E-state index contributed by atoms with van der Waals surface area (Å²) in [6, 6.07) is 0. The zero-order chi connectivity index (χ0) is 6.78. The molecule has 5 heteroatoms. The summed E-state index contributed by atoms with van der Waals surface area (Å²) >= 11 is 0. The second-order valence-corrected chi connectivity index (χ2v) is 3.76. The number of rotatable bonds is 2. The van der Waals surface area contributed by atoms with Crippen LogP contribution in [-0.4, -0.2) is 21.7 Å². The number of hydrogen-bond acceptors (Lipinski definition) is 3. The quantitative estimate of drug-likeness (QED) is 0.492. The summed E-state index contributed by atoms with van der Waals surface area (Å²) < 4.78 is 24.4. The molecule has 0 aliphatic heterocycles. The highest BCUT2D eigenvalue weighted by molar-refractivity contribution is 7.87. The Morgan fingerprint density at radius 2 is 1.88 bits per heavy atom. The minimum absolute atomic E-state index is 0.563. The van der Waals surface area contributed by atoms with Gasteiger partial charge in [0.1, 0.15) is 0 Å². The van der Waals surface area contributed by atoms with E-state index < -0.39 is 15.4 Å². The van der Waals surface area contributed by atoms with Crippen LogP contribution < -0.4 is 0 Å². The summed E-state index contributed by atoms with van der Waals surface area (Å²) in [5, 5.41) is -0.563. The lowest BCUT2D eigenvalue weighted by molar-refractivity contribution is 0.498. The molecule has 0 fully saturated rings. The molecule has 0 atom stereocenters. The van der Waals surface area contributed by atoms with E-state index in [0.717, 1.165) is 0 Å². The predicted molar refractivity (Wildman–Crippen MR) is 30.9 cm³/mol. The van der Waals surface area contributed by atoms with Crippen molar-refractivity contribution in [1.82, 2.24) is 0 Å². The molecule has 0 saturated heterocycles. The van der Waals surface area contributed by atoms with Crippen molar-refractivity contribution in [2.24, 2.45) is 0 Å². The van der Waals surface area contributed by atoms with E-state index in [4.69, 9.17) is 0 Å². The fourth-order valence-electron chi connectivity index (χ4n) is 0.111. The Morgan fingerprint density at radius 3 is 1.88 bits per heavy atom. The highest BCUT2D eigenvalue weighted by Crippen LogP contribution is 1.98. The Morgan fingerprint density at radius 1 is 1.50 bits per heavy atom. The van der Waals surface area contributed by atoms with Gasteiger partial charge in [-0.2, -0.15) is 0 Å². The van der Waals surface area contributed by atoms with E-state index >= 15 is 0 Å². The van der Waals surface area contributed by atoms with Gasteiger partial charge in [-0.05, 0) is 13.8 Å². The minimum Gasteiger partial charge on any atom is -0.347 e. The molecule has 46 valence electrons. The molecule has 0 bridgehead atoms. The third-order valence-electron chi connectivity index (χ3n) is 0.711. The van der Waals surface area contributed by atoms with E-state index in [1.807, 2.05) is 0 Å². The molecule has 0 aromatic heterocycles. The Balaban J connectivity index is 4.17. The third-order valence-corrected chi connectivity index (χ3v) is 2.13. The van der Waals surface area contributed by atoms with Gasteiger partial charge in [-0.1, -0.05) is 0 Å². The fraction of sp³-hybridized carbons (Fsp3) is 1.00. The fourth-order valence-corrected chi connectivity index (χ4v) is 0.333. The lowest BCUT2D eigenvalue weighted by atomic mass is 10.6. The molecule has 0 N–H and O–H groups in total. The van der Waals surface area contributed by atoms with Gasteiger partial charge < -0.3 is 4.10 Å². The monoisotopic (exact) mass is 134 g/mol. The maximum atomic E-state index is 10.4. The van der Waals surface area contributed by atoms with Crippen LogP contribution in [0.25, 0.3) is 0 Å². The maximum Gasteiger partial charge on any atom is 0.311 e. The smallest absolute Gasteiger partial charge is 0.311 e. The summed E-state index contributed by atoms with van der Waals surface area (Å²) in [5.41, 5.74) is 0. The second kappa shape index (κ2) is 2.50. The van der Waals surface area contributed by atoms with Gasteiger partial charge in [0.05, 0.1) is 5.25 Å². The zero-order valence-electron chi connectivity index (χ0n) is 4.79. The second-order valence-electron chi connectivity index (χ2n) is 1.64. The molecule has 0 spiro atoms. The van der Waals surface area contributed by atoms with Crippen molar-refractivity contribution < 1.29 is 12.5 Å². The molecule has 0 heterocycles. The molecular formula is C3H7BO3S. The van der Waals surface area contributed by atoms with Crippen LogP contribution in [0.15, 0.2) is 0 Å². The Labute approximate surface area is 50.6 Å².